The summed E-state index contributed by atoms with van der Waals surface area (Å²) < 4.78 is 28.3. The molecule has 2 aliphatic carbocycles. The lowest BCUT2D eigenvalue weighted by Crippen LogP contribution is -2.25. The zero-order valence-corrected chi connectivity index (χ0v) is 20.2. The minimum atomic E-state index is -1.41. The molecule has 0 bridgehead atoms. The lowest BCUT2D eigenvalue weighted by atomic mass is 9.97. The number of halogens is 2. The van der Waals surface area contributed by atoms with Gasteiger partial charge < -0.3 is 41.9 Å². The molecule has 0 unspecified atom stereocenters. The number of fused-ring (bicyclic) bond motifs is 2. The highest BCUT2D eigenvalue weighted by molar-refractivity contribution is 5.88. The van der Waals surface area contributed by atoms with Crippen molar-refractivity contribution >= 4 is 33.7 Å². The molecule has 0 saturated heterocycles. The molecule has 4 aromatic heterocycles. The first-order valence-corrected chi connectivity index (χ1v) is 12.3. The van der Waals surface area contributed by atoms with Crippen LogP contribution in [0.2, 0.25) is 0 Å². The summed E-state index contributed by atoms with van der Waals surface area (Å²) in [5, 5.41) is 37.8. The number of nitrogens with two attached hydrogens (primary N) is 2. The van der Waals surface area contributed by atoms with Crippen molar-refractivity contribution < 1.29 is 29.2 Å². The van der Waals surface area contributed by atoms with Crippen molar-refractivity contribution in [2.45, 2.75) is 49.2 Å². The molecule has 0 radical (unpaired) electrons. The molecular formula is C24H30F2N8O4. The second-order valence-corrected chi connectivity index (χ2v) is 9.89. The van der Waals surface area contributed by atoms with E-state index in [1.54, 1.807) is 12.4 Å². The second-order valence-electron chi connectivity index (χ2n) is 9.89. The predicted octanol–water partition coefficient (Wildman–Crippen LogP) is 0.670. The second kappa shape index (κ2) is 10.4. The van der Waals surface area contributed by atoms with E-state index < -0.39 is 48.2 Å². The van der Waals surface area contributed by atoms with Crippen LogP contribution >= 0.6 is 0 Å². The zero-order valence-electron chi connectivity index (χ0n) is 20.2. The Balaban J connectivity index is 0.000000155. The van der Waals surface area contributed by atoms with Crippen LogP contribution in [-0.4, -0.2) is 88.1 Å². The van der Waals surface area contributed by atoms with Crippen molar-refractivity contribution in [1.29, 1.82) is 0 Å². The molecule has 0 aromatic carbocycles. The number of hydrogen-bond donors (Lipinski definition) is 8. The number of hydrogen-bond acceptors (Lipinski definition) is 10. The topological polar surface area (TPSA) is 216 Å². The highest BCUT2D eigenvalue weighted by atomic mass is 19.1. The minimum Gasteiger partial charge on any atom is -0.396 e. The molecule has 2 saturated carbocycles. The van der Waals surface area contributed by atoms with Crippen molar-refractivity contribution in [1.82, 2.24) is 29.9 Å². The molecule has 4 heterocycles. The van der Waals surface area contributed by atoms with E-state index in [1.807, 2.05) is 0 Å². The summed E-state index contributed by atoms with van der Waals surface area (Å²) in [4.78, 5) is 21.9. The van der Waals surface area contributed by atoms with E-state index in [4.69, 9.17) is 21.7 Å². The number of nitrogens with one attached hydrogen (secondary N) is 2. The van der Waals surface area contributed by atoms with Gasteiger partial charge in [0, 0.05) is 60.4 Å². The van der Waals surface area contributed by atoms with Crippen LogP contribution in [0.1, 0.15) is 35.8 Å². The van der Waals surface area contributed by atoms with Gasteiger partial charge in [0.2, 0.25) is 0 Å². The molecule has 14 heteroatoms. The Hall–Kier alpha value is -3.46. The van der Waals surface area contributed by atoms with Crippen LogP contribution in [0, 0.1) is 11.8 Å². The molecule has 204 valence electrons. The summed E-state index contributed by atoms with van der Waals surface area (Å²) >= 11 is 0. The van der Waals surface area contributed by atoms with E-state index >= 15 is 0 Å². The van der Waals surface area contributed by atoms with Gasteiger partial charge in [-0.25, -0.2) is 28.7 Å². The van der Waals surface area contributed by atoms with Crippen LogP contribution in [0.15, 0.2) is 25.0 Å². The van der Waals surface area contributed by atoms with Crippen LogP contribution in [-0.2, 0) is 0 Å². The Morgan fingerprint density at radius 2 is 1.13 bits per heavy atom. The van der Waals surface area contributed by atoms with Gasteiger partial charge in [0.25, 0.3) is 0 Å². The van der Waals surface area contributed by atoms with Crippen LogP contribution in [0.25, 0.3) is 22.1 Å². The van der Waals surface area contributed by atoms with Crippen LogP contribution < -0.4 is 11.5 Å². The number of aliphatic hydroxyl groups excluding tert-OH is 4. The summed E-state index contributed by atoms with van der Waals surface area (Å²) in [6, 6.07) is 0. The standard InChI is InChI=1S/2C12H15FN4O2/c2*13-8-6(1-5(3-18)11(8)19)7-2-15-10-9(7)16-4-17-12(10)14/h2*2,4-6,8,11,15,18-19H,1,3H2,(H2,14,16,17)/t2*5-,6+,8-,11-/m11/s1. The quantitative estimate of drug-likeness (QED) is 0.184. The number of H-pyrrole nitrogens is 2. The average Bonchev–Trinajstić information content (AvgIpc) is 3.67. The number of rotatable bonds is 4. The van der Waals surface area contributed by atoms with Gasteiger partial charge in [0.15, 0.2) is 11.6 Å². The largest absolute Gasteiger partial charge is 0.396 e. The summed E-state index contributed by atoms with van der Waals surface area (Å²) in [6.07, 6.45) is 1.64. The van der Waals surface area contributed by atoms with Gasteiger partial charge >= 0.3 is 0 Å². The van der Waals surface area contributed by atoms with Crippen molar-refractivity contribution in [2.75, 3.05) is 24.7 Å². The van der Waals surface area contributed by atoms with Gasteiger partial charge in [-0.3, -0.25) is 0 Å². The van der Waals surface area contributed by atoms with Crippen LogP contribution in [0.3, 0.4) is 0 Å². The third kappa shape index (κ3) is 4.32. The van der Waals surface area contributed by atoms with Crippen molar-refractivity contribution in [3.8, 4) is 0 Å². The molecule has 0 spiro atoms. The first-order valence-electron chi connectivity index (χ1n) is 12.3. The van der Waals surface area contributed by atoms with E-state index in [1.165, 1.54) is 12.7 Å². The van der Waals surface area contributed by atoms with Gasteiger partial charge in [0.1, 0.15) is 36.0 Å². The Kier molecular flexibility index (Phi) is 7.13. The van der Waals surface area contributed by atoms with Crippen molar-refractivity contribution in [3.05, 3.63) is 36.2 Å². The van der Waals surface area contributed by atoms with Crippen molar-refractivity contribution in [2.24, 2.45) is 11.8 Å². The fourth-order valence-corrected chi connectivity index (χ4v) is 5.67. The first-order chi connectivity index (χ1) is 18.3. The maximum Gasteiger partial charge on any atom is 0.151 e. The van der Waals surface area contributed by atoms with Gasteiger partial charge in [-0.2, -0.15) is 0 Å². The van der Waals surface area contributed by atoms with Gasteiger partial charge in [0.05, 0.1) is 23.2 Å². The average molecular weight is 533 g/mol. The highest BCUT2D eigenvalue weighted by Gasteiger charge is 2.45. The van der Waals surface area contributed by atoms with E-state index in [-0.39, 0.29) is 13.2 Å². The lowest BCUT2D eigenvalue weighted by Gasteiger charge is -2.13. The van der Waals surface area contributed by atoms with Gasteiger partial charge in [-0.15, -0.1) is 0 Å². The molecule has 38 heavy (non-hydrogen) atoms. The number of nitrogen functional groups attached to an aromatic ring is 2. The predicted molar refractivity (Wildman–Crippen MR) is 134 cm³/mol. The first kappa shape index (κ1) is 26.2. The summed E-state index contributed by atoms with van der Waals surface area (Å²) in [6.45, 7) is -0.449. The minimum absolute atomic E-state index is 0.225. The van der Waals surface area contributed by atoms with E-state index in [9.17, 15) is 19.0 Å². The van der Waals surface area contributed by atoms with Gasteiger partial charge in [-0.05, 0) is 12.8 Å². The van der Waals surface area contributed by atoms with Crippen LogP contribution in [0.5, 0.6) is 0 Å². The lowest BCUT2D eigenvalue weighted by molar-refractivity contribution is 0.0432. The molecule has 4 aromatic rings. The van der Waals surface area contributed by atoms with Gasteiger partial charge in [-0.1, -0.05) is 0 Å². The molecule has 2 fully saturated rings. The summed E-state index contributed by atoms with van der Waals surface area (Å²) in [7, 11) is 0. The maximum atomic E-state index is 14.2. The fraction of sp³-hybridized carbons (Fsp3) is 0.500. The Morgan fingerprint density at radius 3 is 1.47 bits per heavy atom. The zero-order chi connectivity index (χ0) is 27.1. The van der Waals surface area contributed by atoms with E-state index in [2.05, 4.69) is 29.9 Å². The molecule has 10 N–H and O–H groups in total. The number of aromatic nitrogens is 6. The van der Waals surface area contributed by atoms with Crippen LogP contribution in [0.4, 0.5) is 20.4 Å². The SMILES string of the molecule is Nc1ncnc2c([C@@H]3C[C@H](CO)[C@@H](O)[C@@H]3F)c[nH]c12.Nc1ncnc2c([C@@H]3C[C@H](CO)[C@@H](O)[C@@H]3F)c[nH]c12. The third-order valence-electron chi connectivity index (χ3n) is 7.81. The molecule has 0 amide bonds. The maximum absolute atomic E-state index is 14.2. The normalized spacial score (nSPS) is 31.1. The number of nitrogens with zero attached hydrogens (tertiary/aromatic N) is 4. The Morgan fingerprint density at radius 1 is 0.737 bits per heavy atom. The number of aromatic amines is 2. The van der Waals surface area contributed by atoms with E-state index in [0.29, 0.717) is 57.7 Å². The number of aliphatic hydroxyl groups is 4. The van der Waals surface area contributed by atoms with E-state index in [0.717, 1.165) is 0 Å². The number of alkyl halides is 2. The molecule has 8 atom stereocenters. The third-order valence-corrected chi connectivity index (χ3v) is 7.81. The molecule has 12 nitrogen and oxygen atoms in total. The molecular weight excluding hydrogens is 502 g/mol. The molecule has 0 aliphatic heterocycles. The van der Waals surface area contributed by atoms with Crippen molar-refractivity contribution in [3.63, 3.8) is 0 Å². The molecule has 2 aliphatic rings. The fourth-order valence-electron chi connectivity index (χ4n) is 5.67. The summed E-state index contributed by atoms with van der Waals surface area (Å²) in [5.74, 6) is -1.24. The Labute approximate surface area is 215 Å². The highest BCUT2D eigenvalue weighted by Crippen LogP contribution is 2.44. The number of anilines is 2. The Bertz CT molecular complexity index is 1310. The summed E-state index contributed by atoms with van der Waals surface area (Å²) in [5.41, 5.74) is 15.1. The monoisotopic (exact) mass is 532 g/mol. The smallest absolute Gasteiger partial charge is 0.151 e. The molecule has 6 rings (SSSR count).